The molecule has 1 unspecified atom stereocenters. The van der Waals surface area contributed by atoms with E-state index in [1.165, 1.54) is 0 Å². The van der Waals surface area contributed by atoms with Gasteiger partial charge in [-0.2, -0.15) is 4.36 Å². The number of guanidine groups is 1. The van der Waals surface area contributed by atoms with Crippen LogP contribution in [-0.4, -0.2) is 10.2 Å². The van der Waals surface area contributed by atoms with Crippen LogP contribution < -0.4 is 5.73 Å². The van der Waals surface area contributed by atoms with Crippen molar-refractivity contribution in [2.24, 2.45) is 15.1 Å². The Hall–Kier alpha value is -2.40. The zero-order chi connectivity index (χ0) is 14.0. The van der Waals surface area contributed by atoms with E-state index in [9.17, 15) is 4.21 Å². The molecule has 0 radical (unpaired) electrons. The first-order chi connectivity index (χ1) is 9.67. The van der Waals surface area contributed by atoms with Gasteiger partial charge >= 0.3 is 0 Å². The van der Waals surface area contributed by atoms with Crippen LogP contribution in [-0.2, 0) is 9.73 Å². The highest BCUT2D eigenvalue weighted by atomic mass is 32.2. The Bertz CT molecular complexity index is 802. The molecule has 1 aliphatic rings. The predicted molar refractivity (Wildman–Crippen MR) is 81.3 cm³/mol. The largest absolute Gasteiger partial charge is 0.367 e. The van der Waals surface area contributed by atoms with Crippen molar-refractivity contribution in [3.05, 3.63) is 71.6 Å². The molecule has 20 heavy (non-hydrogen) atoms. The first kappa shape index (κ1) is 12.6. The van der Waals surface area contributed by atoms with E-state index in [2.05, 4.69) is 9.36 Å². The van der Waals surface area contributed by atoms with Crippen molar-refractivity contribution in [1.82, 2.24) is 0 Å². The van der Waals surface area contributed by atoms with Gasteiger partial charge in [0.15, 0.2) is 0 Å². The Morgan fingerprint density at radius 1 is 0.900 bits per heavy atom. The van der Waals surface area contributed by atoms with Crippen molar-refractivity contribution in [3.63, 3.8) is 0 Å². The summed E-state index contributed by atoms with van der Waals surface area (Å²) in [6.45, 7) is 0. The van der Waals surface area contributed by atoms with Gasteiger partial charge in [-0.15, -0.1) is 0 Å². The smallest absolute Gasteiger partial charge is 0.229 e. The third-order valence-corrected chi connectivity index (χ3v) is 4.83. The van der Waals surface area contributed by atoms with E-state index in [4.69, 9.17) is 5.73 Å². The third kappa shape index (κ3) is 2.35. The number of nitrogens with zero attached hydrogens (tertiary/aromatic N) is 2. The maximum absolute atomic E-state index is 13.0. The summed E-state index contributed by atoms with van der Waals surface area (Å²) in [5.41, 5.74) is 7.20. The molecule has 0 saturated heterocycles. The van der Waals surface area contributed by atoms with Crippen LogP contribution in [0.3, 0.4) is 0 Å². The molecule has 5 heteroatoms. The molecule has 0 spiro atoms. The molecule has 1 heterocycles. The lowest BCUT2D eigenvalue weighted by atomic mass is 10.2. The minimum atomic E-state index is -2.71. The van der Waals surface area contributed by atoms with Crippen molar-refractivity contribution in [2.75, 3.05) is 0 Å². The van der Waals surface area contributed by atoms with E-state index in [1.807, 2.05) is 48.5 Å². The van der Waals surface area contributed by atoms with Gasteiger partial charge in [0.1, 0.15) is 9.73 Å². The molecule has 0 bridgehead atoms. The van der Waals surface area contributed by atoms with Crippen LogP contribution in [0, 0.1) is 0 Å². The van der Waals surface area contributed by atoms with Gasteiger partial charge in [0.2, 0.25) is 5.96 Å². The number of benzene rings is 2. The van der Waals surface area contributed by atoms with Crippen LogP contribution in [0.25, 0.3) is 5.70 Å². The van der Waals surface area contributed by atoms with Crippen molar-refractivity contribution < 1.29 is 4.21 Å². The summed E-state index contributed by atoms with van der Waals surface area (Å²) >= 11 is 0. The molecular weight excluding hydrogens is 270 g/mol. The summed E-state index contributed by atoms with van der Waals surface area (Å²) in [6.07, 6.45) is 0. The minimum absolute atomic E-state index is 0.0419. The van der Waals surface area contributed by atoms with E-state index in [-0.39, 0.29) is 5.96 Å². The van der Waals surface area contributed by atoms with E-state index in [1.54, 1.807) is 17.5 Å². The first-order valence-corrected chi connectivity index (χ1v) is 7.69. The zero-order valence-electron chi connectivity index (χ0n) is 10.6. The highest BCUT2D eigenvalue weighted by Crippen LogP contribution is 2.25. The van der Waals surface area contributed by atoms with Gasteiger partial charge in [0.25, 0.3) is 0 Å². The molecule has 2 N–H and O–H groups in total. The molecule has 0 aromatic heterocycles. The second-order valence-corrected chi connectivity index (χ2v) is 6.34. The van der Waals surface area contributed by atoms with E-state index >= 15 is 0 Å². The van der Waals surface area contributed by atoms with E-state index < -0.39 is 9.73 Å². The van der Waals surface area contributed by atoms with Gasteiger partial charge in [0.05, 0.1) is 10.6 Å². The maximum Gasteiger partial charge on any atom is 0.229 e. The number of nitrogens with two attached hydrogens (primary N) is 1. The van der Waals surface area contributed by atoms with Crippen molar-refractivity contribution >= 4 is 21.4 Å². The SMILES string of the molecule is NC1=NC(c2ccccc2)=CS(=O)(c2ccccc2)=N1. The average Bonchev–Trinajstić information content (AvgIpc) is 2.48. The average molecular weight is 283 g/mol. The van der Waals surface area contributed by atoms with Crippen LogP contribution in [0.1, 0.15) is 5.56 Å². The maximum atomic E-state index is 13.0. The van der Waals surface area contributed by atoms with E-state index in [0.29, 0.717) is 10.6 Å². The van der Waals surface area contributed by atoms with Crippen molar-refractivity contribution in [1.29, 1.82) is 0 Å². The number of aliphatic imine (C=N–C) groups is 1. The number of rotatable bonds is 2. The lowest BCUT2D eigenvalue weighted by Gasteiger charge is -2.12. The van der Waals surface area contributed by atoms with Gasteiger partial charge in [-0.05, 0) is 12.1 Å². The molecular formula is C15H13N3OS. The molecule has 0 saturated carbocycles. The lowest BCUT2D eigenvalue weighted by molar-refractivity contribution is 0.682. The summed E-state index contributed by atoms with van der Waals surface area (Å²) in [5, 5.41) is 1.59. The fourth-order valence-electron chi connectivity index (χ4n) is 1.96. The van der Waals surface area contributed by atoms with Crippen molar-refractivity contribution in [2.45, 2.75) is 4.90 Å². The standard InChI is InChI=1S/C15H13N3OS/c16-15-17-14(12-7-3-1-4-8-12)11-20(19,18-15)13-9-5-2-6-10-13/h1-11H,(H2,16,17,18,19). The molecule has 2 aromatic carbocycles. The lowest BCUT2D eigenvalue weighted by Crippen LogP contribution is -2.15. The monoisotopic (exact) mass is 283 g/mol. The summed E-state index contributed by atoms with van der Waals surface area (Å²) in [6, 6.07) is 18.6. The van der Waals surface area contributed by atoms with Gasteiger partial charge in [-0.1, -0.05) is 48.5 Å². The predicted octanol–water partition coefficient (Wildman–Crippen LogP) is 2.84. The summed E-state index contributed by atoms with van der Waals surface area (Å²) in [5.74, 6) is 0.0419. The Balaban J connectivity index is 2.18. The van der Waals surface area contributed by atoms with Crippen LogP contribution in [0.2, 0.25) is 0 Å². The van der Waals surface area contributed by atoms with E-state index in [0.717, 1.165) is 5.56 Å². The Morgan fingerprint density at radius 3 is 2.15 bits per heavy atom. The molecule has 0 amide bonds. The molecule has 3 rings (SSSR count). The second kappa shape index (κ2) is 4.94. The van der Waals surface area contributed by atoms with Crippen LogP contribution in [0.15, 0.2) is 80.3 Å². The molecule has 1 aliphatic heterocycles. The molecule has 0 fully saturated rings. The topological polar surface area (TPSA) is 67.8 Å². The number of hydrogen-bond acceptors (Lipinski definition) is 4. The first-order valence-electron chi connectivity index (χ1n) is 6.11. The highest BCUT2D eigenvalue weighted by molar-refractivity contribution is 7.97. The molecule has 4 nitrogen and oxygen atoms in total. The molecule has 0 aliphatic carbocycles. The quantitative estimate of drug-likeness (QED) is 0.920. The summed E-state index contributed by atoms with van der Waals surface area (Å²) < 4.78 is 17.0. The van der Waals surface area contributed by atoms with Crippen LogP contribution >= 0.6 is 0 Å². The second-order valence-electron chi connectivity index (χ2n) is 4.31. The molecule has 1 atom stereocenters. The molecule has 100 valence electrons. The Morgan fingerprint density at radius 2 is 1.50 bits per heavy atom. The fraction of sp³-hybridized carbons (Fsp3) is 0. The van der Waals surface area contributed by atoms with Crippen molar-refractivity contribution in [3.8, 4) is 0 Å². The Labute approximate surface area is 117 Å². The summed E-state index contributed by atoms with van der Waals surface area (Å²) in [7, 11) is -2.71. The fourth-order valence-corrected chi connectivity index (χ4v) is 3.62. The highest BCUT2D eigenvalue weighted by Gasteiger charge is 2.17. The third-order valence-electron chi connectivity index (χ3n) is 2.89. The van der Waals surface area contributed by atoms with Crippen LogP contribution in [0.5, 0.6) is 0 Å². The summed E-state index contributed by atoms with van der Waals surface area (Å²) in [4.78, 5) is 4.81. The van der Waals surface area contributed by atoms with Gasteiger partial charge in [0, 0.05) is 11.0 Å². The number of hydrogen-bond donors (Lipinski definition) is 1. The minimum Gasteiger partial charge on any atom is -0.367 e. The molecule has 2 aromatic rings. The van der Waals surface area contributed by atoms with Gasteiger partial charge in [-0.3, -0.25) is 0 Å². The van der Waals surface area contributed by atoms with Crippen LogP contribution in [0.4, 0.5) is 0 Å². The normalized spacial score (nSPS) is 21.6. The Kier molecular flexibility index (Phi) is 3.12. The van der Waals surface area contributed by atoms with Gasteiger partial charge < -0.3 is 5.73 Å². The van der Waals surface area contributed by atoms with Gasteiger partial charge in [-0.25, -0.2) is 9.20 Å². The zero-order valence-corrected chi connectivity index (χ0v) is 11.5.